The van der Waals surface area contributed by atoms with Crippen molar-refractivity contribution in [2.24, 2.45) is 10.7 Å². The molecule has 0 unspecified atom stereocenters. The maximum absolute atomic E-state index is 13.1. The zero-order valence-corrected chi connectivity index (χ0v) is 17.1. The van der Waals surface area contributed by atoms with Crippen molar-refractivity contribution in [3.05, 3.63) is 86.8 Å². The summed E-state index contributed by atoms with van der Waals surface area (Å²) in [5.74, 6) is 0.598. The Kier molecular flexibility index (Phi) is 4.14. The summed E-state index contributed by atoms with van der Waals surface area (Å²) in [6.45, 7) is 0. The van der Waals surface area contributed by atoms with E-state index in [1.807, 2.05) is 53.4 Å². The molecule has 142 valence electrons. The Bertz CT molecular complexity index is 1180. The average Bonchev–Trinajstić information content (AvgIpc) is 2.74. The van der Waals surface area contributed by atoms with E-state index in [1.54, 1.807) is 0 Å². The summed E-state index contributed by atoms with van der Waals surface area (Å²) in [6, 6.07) is 17.9. The Morgan fingerprint density at radius 2 is 1.90 bits per heavy atom. The highest BCUT2D eigenvalue weighted by Crippen LogP contribution is 2.49. The van der Waals surface area contributed by atoms with Crippen LogP contribution in [0, 0.1) is 11.3 Å². The summed E-state index contributed by atoms with van der Waals surface area (Å²) >= 11 is 3.46. The summed E-state index contributed by atoms with van der Waals surface area (Å²) in [7, 11) is 0. The molecule has 2 aliphatic heterocycles. The molecule has 6 heteroatoms. The normalized spacial score (nSPS) is 20.6. The molecule has 0 saturated heterocycles. The van der Waals surface area contributed by atoms with Gasteiger partial charge >= 0.3 is 0 Å². The minimum atomic E-state index is -0.427. The van der Waals surface area contributed by atoms with E-state index in [-0.39, 0.29) is 5.78 Å². The first-order valence-electron chi connectivity index (χ1n) is 9.50. The molecular formula is C23H17BrN4O. The summed E-state index contributed by atoms with van der Waals surface area (Å²) < 4.78 is 0.947. The van der Waals surface area contributed by atoms with Gasteiger partial charge in [-0.05, 0) is 42.7 Å². The number of carbonyl (C=O) groups is 1. The van der Waals surface area contributed by atoms with Crippen LogP contribution in [-0.2, 0) is 4.79 Å². The van der Waals surface area contributed by atoms with Gasteiger partial charge in [0.05, 0.1) is 23.2 Å². The van der Waals surface area contributed by atoms with Crippen LogP contribution >= 0.6 is 15.9 Å². The van der Waals surface area contributed by atoms with Crippen molar-refractivity contribution in [2.45, 2.75) is 25.2 Å². The first-order chi connectivity index (χ1) is 14.1. The average molecular weight is 445 g/mol. The lowest BCUT2D eigenvalue weighted by Gasteiger charge is -2.41. The highest BCUT2D eigenvalue weighted by atomic mass is 79.9. The fraction of sp³-hybridized carbons (Fsp3) is 0.174. The number of anilines is 1. The Morgan fingerprint density at radius 3 is 2.66 bits per heavy atom. The van der Waals surface area contributed by atoms with E-state index in [4.69, 9.17) is 5.73 Å². The quantitative estimate of drug-likeness (QED) is 0.700. The van der Waals surface area contributed by atoms with Gasteiger partial charge in [-0.25, -0.2) is 4.99 Å². The Morgan fingerprint density at radius 1 is 1.14 bits per heavy atom. The largest absolute Gasteiger partial charge is 0.383 e. The van der Waals surface area contributed by atoms with Gasteiger partial charge in [-0.3, -0.25) is 9.69 Å². The maximum atomic E-state index is 13.1. The van der Waals surface area contributed by atoms with E-state index in [9.17, 15) is 10.1 Å². The van der Waals surface area contributed by atoms with Crippen molar-refractivity contribution >= 4 is 33.2 Å². The van der Waals surface area contributed by atoms with E-state index in [2.05, 4.69) is 27.0 Å². The number of allylic oxidation sites excluding steroid dienone is 3. The van der Waals surface area contributed by atoms with Gasteiger partial charge in [-0.1, -0.05) is 40.2 Å². The lowest BCUT2D eigenvalue weighted by atomic mass is 9.75. The van der Waals surface area contributed by atoms with Crippen LogP contribution in [0.15, 0.2) is 80.7 Å². The van der Waals surface area contributed by atoms with Crippen LogP contribution in [0.4, 0.5) is 5.69 Å². The molecule has 2 aromatic rings. The standard InChI is InChI=1S/C23H17BrN4O/c24-14-10-8-13(9-11-14)20-16(12-25)23-27-22(26)15-4-1-2-5-17(15)28(23)18-6-3-7-19(29)21(18)20/h1-2,4-5,8-11,20H,3,6-7H2,(H2,26,27)/t20-/m1/s1. The fourth-order valence-corrected chi connectivity index (χ4v) is 4.72. The highest BCUT2D eigenvalue weighted by Gasteiger charge is 2.42. The number of nitrogens with zero attached hydrogens (tertiary/aromatic N) is 3. The number of nitriles is 1. The van der Waals surface area contributed by atoms with Crippen LogP contribution in [0.1, 0.15) is 36.3 Å². The Hall–Kier alpha value is -3.17. The number of para-hydroxylation sites is 1. The smallest absolute Gasteiger partial charge is 0.161 e. The van der Waals surface area contributed by atoms with Crippen molar-refractivity contribution < 1.29 is 4.79 Å². The molecule has 1 aliphatic carbocycles. The monoisotopic (exact) mass is 444 g/mol. The molecule has 5 rings (SSSR count). The molecule has 1 atom stereocenters. The van der Waals surface area contributed by atoms with E-state index in [0.717, 1.165) is 39.8 Å². The zero-order chi connectivity index (χ0) is 20.1. The topological polar surface area (TPSA) is 82.5 Å². The number of fused-ring (bicyclic) bond motifs is 4. The van der Waals surface area contributed by atoms with E-state index < -0.39 is 5.92 Å². The molecule has 5 nitrogen and oxygen atoms in total. The number of rotatable bonds is 1. The van der Waals surface area contributed by atoms with Crippen molar-refractivity contribution in [2.75, 3.05) is 4.90 Å². The number of carbonyl (C=O) groups excluding carboxylic acids is 1. The lowest BCUT2D eigenvalue weighted by Crippen LogP contribution is -2.39. The van der Waals surface area contributed by atoms with Crippen molar-refractivity contribution in [3.8, 4) is 6.07 Å². The van der Waals surface area contributed by atoms with Crippen molar-refractivity contribution in [1.29, 1.82) is 5.26 Å². The second-order valence-electron chi connectivity index (χ2n) is 7.32. The highest BCUT2D eigenvalue weighted by molar-refractivity contribution is 9.10. The van der Waals surface area contributed by atoms with Crippen LogP contribution in [0.2, 0.25) is 0 Å². The molecule has 2 N–H and O–H groups in total. The first kappa shape index (κ1) is 17.9. The summed E-state index contributed by atoms with van der Waals surface area (Å²) in [6.07, 6.45) is 2.05. The van der Waals surface area contributed by atoms with Crippen LogP contribution in [-0.4, -0.2) is 11.6 Å². The molecule has 2 heterocycles. The zero-order valence-electron chi connectivity index (χ0n) is 15.5. The number of nitrogens with two attached hydrogens (primary N) is 1. The Labute approximate surface area is 177 Å². The predicted molar refractivity (Wildman–Crippen MR) is 115 cm³/mol. The lowest BCUT2D eigenvalue weighted by molar-refractivity contribution is -0.116. The molecule has 0 aromatic heterocycles. The second kappa shape index (κ2) is 6.71. The molecule has 0 spiro atoms. The van der Waals surface area contributed by atoms with Gasteiger partial charge in [0.15, 0.2) is 11.6 Å². The van der Waals surface area contributed by atoms with Gasteiger partial charge in [0, 0.05) is 27.7 Å². The molecule has 29 heavy (non-hydrogen) atoms. The first-order valence-corrected chi connectivity index (χ1v) is 10.3. The number of aliphatic imine (C=N–C) groups is 1. The molecular weight excluding hydrogens is 428 g/mol. The number of Topliss-reactive ketones (excluding diaryl/α,β-unsaturated/α-hetero) is 1. The van der Waals surface area contributed by atoms with Gasteiger partial charge in [0.2, 0.25) is 0 Å². The third kappa shape index (κ3) is 2.65. The second-order valence-corrected chi connectivity index (χ2v) is 8.24. The number of ketones is 1. The summed E-state index contributed by atoms with van der Waals surface area (Å²) in [4.78, 5) is 19.7. The van der Waals surface area contributed by atoms with E-state index in [1.165, 1.54) is 0 Å². The third-order valence-corrected chi connectivity index (χ3v) is 6.23. The molecule has 0 saturated carbocycles. The van der Waals surface area contributed by atoms with Gasteiger partial charge in [0.25, 0.3) is 0 Å². The van der Waals surface area contributed by atoms with Crippen LogP contribution in [0.25, 0.3) is 0 Å². The Balaban J connectivity index is 1.83. The number of halogens is 1. The number of amidine groups is 1. The molecule has 0 fully saturated rings. The van der Waals surface area contributed by atoms with Gasteiger partial charge in [0.1, 0.15) is 5.84 Å². The van der Waals surface area contributed by atoms with Gasteiger partial charge in [-0.2, -0.15) is 5.26 Å². The van der Waals surface area contributed by atoms with Crippen molar-refractivity contribution in [1.82, 2.24) is 0 Å². The fourth-order valence-electron chi connectivity index (χ4n) is 4.46. The SMILES string of the molecule is N#CC1=C2N=C(N)c3ccccc3N2C2=C(C(=O)CCC2)[C@@H]1c1ccc(Br)cc1. The number of benzene rings is 2. The molecule has 3 aliphatic rings. The minimum Gasteiger partial charge on any atom is -0.383 e. The van der Waals surface area contributed by atoms with E-state index in [0.29, 0.717) is 29.2 Å². The summed E-state index contributed by atoms with van der Waals surface area (Å²) in [5, 5.41) is 10.1. The predicted octanol–water partition coefficient (Wildman–Crippen LogP) is 4.51. The minimum absolute atomic E-state index is 0.103. The van der Waals surface area contributed by atoms with Crippen LogP contribution in [0.5, 0.6) is 0 Å². The number of hydrogen-bond donors (Lipinski definition) is 1. The molecule has 0 bridgehead atoms. The third-order valence-electron chi connectivity index (χ3n) is 5.70. The van der Waals surface area contributed by atoms with Crippen LogP contribution in [0.3, 0.4) is 0 Å². The summed E-state index contributed by atoms with van der Waals surface area (Å²) in [5.41, 5.74) is 11.0. The number of hydrogen-bond acceptors (Lipinski definition) is 5. The van der Waals surface area contributed by atoms with Gasteiger partial charge < -0.3 is 5.73 Å². The van der Waals surface area contributed by atoms with Crippen LogP contribution < -0.4 is 10.6 Å². The van der Waals surface area contributed by atoms with Crippen molar-refractivity contribution in [3.63, 3.8) is 0 Å². The van der Waals surface area contributed by atoms with E-state index >= 15 is 0 Å². The van der Waals surface area contributed by atoms with Gasteiger partial charge in [-0.15, -0.1) is 0 Å². The maximum Gasteiger partial charge on any atom is 0.161 e. The molecule has 2 aromatic carbocycles. The molecule has 0 amide bonds. The molecule has 0 radical (unpaired) electrons.